The third-order valence-corrected chi connectivity index (χ3v) is 6.42. The molecule has 2 aromatic heterocycles. The van der Waals surface area contributed by atoms with Crippen molar-refractivity contribution in [2.24, 2.45) is 0 Å². The summed E-state index contributed by atoms with van der Waals surface area (Å²) in [5, 5.41) is 14.8. The van der Waals surface area contributed by atoms with E-state index in [-0.39, 0.29) is 32.7 Å². The van der Waals surface area contributed by atoms with Gasteiger partial charge in [0.25, 0.3) is 10.0 Å². The van der Waals surface area contributed by atoms with Crippen LogP contribution >= 0.6 is 11.6 Å². The summed E-state index contributed by atoms with van der Waals surface area (Å²) in [5.41, 5.74) is 0.155. The molecule has 8 nitrogen and oxygen atoms in total. The Morgan fingerprint density at radius 3 is 2.70 bits per heavy atom. The first-order valence-electron chi connectivity index (χ1n) is 8.53. The van der Waals surface area contributed by atoms with E-state index in [0.717, 1.165) is 9.69 Å². The Morgan fingerprint density at radius 1 is 1.17 bits per heavy atom. The number of methoxy groups -OCH3 is 1. The summed E-state index contributed by atoms with van der Waals surface area (Å²) in [6, 6.07) is 12.4. The van der Waals surface area contributed by atoms with Crippen molar-refractivity contribution in [3.05, 3.63) is 71.7 Å². The predicted molar refractivity (Wildman–Crippen MR) is 110 cm³/mol. The zero-order chi connectivity index (χ0) is 21.3. The fraction of sp³-hybridized carbons (Fsp3) is 0.0500. The molecule has 0 fully saturated rings. The maximum atomic E-state index is 13.7. The van der Waals surface area contributed by atoms with Gasteiger partial charge in [-0.2, -0.15) is 5.26 Å². The summed E-state index contributed by atoms with van der Waals surface area (Å²) in [6.45, 7) is 0. The number of nitriles is 1. The van der Waals surface area contributed by atoms with E-state index in [0.29, 0.717) is 5.39 Å². The molecular formula is C20H13ClN4O4S. The number of hydrogen-bond donors (Lipinski definition) is 0. The largest absolute Gasteiger partial charge is 0.494 e. The SMILES string of the molecule is COc1cc(Cl)c(C#N)cc1N(c1ccon1)S(=O)(=O)c1ccc2cnccc2c1. The summed E-state index contributed by atoms with van der Waals surface area (Å²) >= 11 is 6.10. The average Bonchev–Trinajstić information content (AvgIpc) is 3.28. The highest BCUT2D eigenvalue weighted by Crippen LogP contribution is 2.40. The second kappa shape index (κ2) is 7.67. The van der Waals surface area contributed by atoms with Crippen molar-refractivity contribution in [2.45, 2.75) is 4.90 Å². The van der Waals surface area contributed by atoms with Crippen LogP contribution in [0.2, 0.25) is 5.02 Å². The minimum atomic E-state index is -4.18. The zero-order valence-corrected chi connectivity index (χ0v) is 17.1. The lowest BCUT2D eigenvalue weighted by atomic mass is 10.2. The molecule has 4 rings (SSSR count). The van der Waals surface area contributed by atoms with Crippen molar-refractivity contribution < 1.29 is 17.7 Å². The second-order valence-corrected chi connectivity index (χ2v) is 8.32. The monoisotopic (exact) mass is 440 g/mol. The number of fused-ring (bicyclic) bond motifs is 1. The molecule has 0 spiro atoms. The van der Waals surface area contributed by atoms with Gasteiger partial charge >= 0.3 is 0 Å². The van der Waals surface area contributed by atoms with E-state index in [2.05, 4.69) is 10.1 Å². The van der Waals surface area contributed by atoms with E-state index >= 15 is 0 Å². The second-order valence-electron chi connectivity index (χ2n) is 6.13. The number of pyridine rings is 1. The van der Waals surface area contributed by atoms with E-state index in [9.17, 15) is 13.7 Å². The highest BCUT2D eigenvalue weighted by Gasteiger charge is 2.32. The van der Waals surface area contributed by atoms with E-state index in [1.807, 2.05) is 6.07 Å². The molecule has 0 amide bonds. The van der Waals surface area contributed by atoms with Gasteiger partial charge in [-0.15, -0.1) is 0 Å². The molecule has 2 aromatic carbocycles. The molecule has 0 saturated carbocycles. The minimum absolute atomic E-state index is 0.00524. The van der Waals surface area contributed by atoms with Crippen molar-refractivity contribution in [1.82, 2.24) is 10.1 Å². The molecule has 0 bridgehead atoms. The van der Waals surface area contributed by atoms with Crippen LogP contribution in [0.15, 0.2) is 70.5 Å². The Morgan fingerprint density at radius 2 is 2.00 bits per heavy atom. The van der Waals surface area contributed by atoms with Crippen molar-refractivity contribution >= 4 is 43.9 Å². The van der Waals surface area contributed by atoms with Crippen molar-refractivity contribution in [3.8, 4) is 11.8 Å². The molecule has 30 heavy (non-hydrogen) atoms. The summed E-state index contributed by atoms with van der Waals surface area (Å²) in [6.07, 6.45) is 4.47. The molecule has 0 radical (unpaired) electrons. The van der Waals surface area contributed by atoms with Gasteiger partial charge < -0.3 is 9.26 Å². The number of halogens is 1. The van der Waals surface area contributed by atoms with Gasteiger partial charge in [0.15, 0.2) is 5.82 Å². The van der Waals surface area contributed by atoms with Gasteiger partial charge in [0.2, 0.25) is 0 Å². The molecule has 0 saturated heterocycles. The van der Waals surface area contributed by atoms with Gasteiger partial charge in [-0.1, -0.05) is 22.8 Å². The Labute approximate surface area is 176 Å². The molecule has 150 valence electrons. The summed E-state index contributed by atoms with van der Waals surface area (Å²) < 4.78 is 38.5. The molecule has 0 aliphatic carbocycles. The van der Waals surface area contributed by atoms with Crippen molar-refractivity contribution in [3.63, 3.8) is 0 Å². The fourth-order valence-corrected chi connectivity index (χ4v) is 4.63. The van der Waals surface area contributed by atoms with Crippen LogP contribution in [-0.2, 0) is 10.0 Å². The zero-order valence-electron chi connectivity index (χ0n) is 15.5. The molecule has 2 heterocycles. The molecular weight excluding hydrogens is 428 g/mol. The number of sulfonamides is 1. The van der Waals surface area contributed by atoms with Crippen LogP contribution in [0.3, 0.4) is 0 Å². The van der Waals surface area contributed by atoms with Gasteiger partial charge in [0.05, 0.1) is 22.6 Å². The molecule has 0 N–H and O–H groups in total. The number of nitrogens with zero attached hydrogens (tertiary/aromatic N) is 4. The average molecular weight is 441 g/mol. The first kappa shape index (κ1) is 19.7. The number of rotatable bonds is 5. The Hall–Kier alpha value is -3.61. The summed E-state index contributed by atoms with van der Waals surface area (Å²) in [5.74, 6) is 0.143. The smallest absolute Gasteiger partial charge is 0.270 e. The minimum Gasteiger partial charge on any atom is -0.494 e. The third kappa shape index (κ3) is 3.32. The lowest BCUT2D eigenvalue weighted by Gasteiger charge is -2.24. The van der Waals surface area contributed by atoms with Gasteiger partial charge in [-0.25, -0.2) is 12.7 Å². The Balaban J connectivity index is 1.97. The van der Waals surface area contributed by atoms with E-state index in [4.69, 9.17) is 20.9 Å². The van der Waals surface area contributed by atoms with E-state index in [1.54, 1.807) is 24.5 Å². The number of hydrogen-bond acceptors (Lipinski definition) is 7. The Bertz CT molecular complexity index is 1380. The number of benzene rings is 2. The standard InChI is InChI=1S/C20H13ClN4O4S/c1-28-19-10-17(21)15(11-22)9-18(19)25(20-5-7-29-24-20)30(26,27)16-3-2-14-12-23-6-4-13(14)8-16/h2-10,12H,1H3. The number of aromatic nitrogens is 2. The van der Waals surface area contributed by atoms with Crippen LogP contribution < -0.4 is 9.04 Å². The maximum absolute atomic E-state index is 13.7. The lowest BCUT2D eigenvalue weighted by Crippen LogP contribution is -2.27. The van der Waals surface area contributed by atoms with Crippen LogP contribution in [0.1, 0.15) is 5.56 Å². The van der Waals surface area contributed by atoms with Gasteiger partial charge in [0, 0.05) is 29.9 Å². The first-order chi connectivity index (χ1) is 14.5. The van der Waals surface area contributed by atoms with Crippen LogP contribution in [0.25, 0.3) is 10.8 Å². The maximum Gasteiger partial charge on any atom is 0.270 e. The third-order valence-electron chi connectivity index (χ3n) is 4.39. The molecule has 0 aliphatic heterocycles. The molecule has 4 aromatic rings. The van der Waals surface area contributed by atoms with E-state index < -0.39 is 10.0 Å². The number of ether oxygens (including phenoxy) is 1. The lowest BCUT2D eigenvalue weighted by molar-refractivity contribution is 0.414. The van der Waals surface area contributed by atoms with Gasteiger partial charge in [0.1, 0.15) is 23.8 Å². The quantitative estimate of drug-likeness (QED) is 0.455. The van der Waals surface area contributed by atoms with E-state index in [1.165, 1.54) is 43.7 Å². The van der Waals surface area contributed by atoms with Crippen LogP contribution in [-0.4, -0.2) is 25.7 Å². The first-order valence-corrected chi connectivity index (χ1v) is 10.3. The predicted octanol–water partition coefficient (Wildman–Crippen LogP) is 4.28. The number of anilines is 2. The fourth-order valence-electron chi connectivity index (χ4n) is 2.97. The van der Waals surface area contributed by atoms with Crippen LogP contribution in [0, 0.1) is 11.3 Å². The summed E-state index contributed by atoms with van der Waals surface area (Å²) in [7, 11) is -2.81. The highest BCUT2D eigenvalue weighted by atomic mass is 35.5. The molecule has 0 atom stereocenters. The Kier molecular flexibility index (Phi) is 5.03. The topological polar surface area (TPSA) is 109 Å². The molecule has 0 unspecified atom stereocenters. The van der Waals surface area contributed by atoms with Gasteiger partial charge in [-0.05, 0) is 29.7 Å². The normalized spacial score (nSPS) is 11.2. The summed E-state index contributed by atoms with van der Waals surface area (Å²) in [4.78, 5) is 4.05. The van der Waals surface area contributed by atoms with Crippen molar-refractivity contribution in [2.75, 3.05) is 11.4 Å². The van der Waals surface area contributed by atoms with Crippen LogP contribution in [0.5, 0.6) is 5.75 Å². The van der Waals surface area contributed by atoms with Gasteiger partial charge in [-0.3, -0.25) is 4.98 Å². The highest BCUT2D eigenvalue weighted by molar-refractivity contribution is 7.93. The van der Waals surface area contributed by atoms with Crippen molar-refractivity contribution in [1.29, 1.82) is 5.26 Å². The molecule has 0 aliphatic rings. The molecule has 10 heteroatoms. The van der Waals surface area contributed by atoms with Crippen LogP contribution in [0.4, 0.5) is 11.5 Å².